The van der Waals surface area contributed by atoms with E-state index in [1.165, 1.54) is 0 Å². The second-order valence-corrected chi connectivity index (χ2v) is 5.64. The number of rotatable bonds is 5. The lowest BCUT2D eigenvalue weighted by atomic mass is 10.1. The molecule has 0 aliphatic rings. The van der Waals surface area contributed by atoms with E-state index in [2.05, 4.69) is 23.7 Å². The quantitative estimate of drug-likeness (QED) is 0.749. The lowest BCUT2D eigenvalue weighted by molar-refractivity contribution is 0.585. The third-order valence-electron chi connectivity index (χ3n) is 2.13. The Balaban J connectivity index is 2.61. The molecule has 0 atom stereocenters. The fourth-order valence-corrected chi connectivity index (χ4v) is 2.57. The van der Waals surface area contributed by atoms with Crippen LogP contribution in [0.25, 0.3) is 0 Å². The van der Waals surface area contributed by atoms with Crippen LogP contribution in [0.1, 0.15) is 25.1 Å². The third kappa shape index (κ3) is 3.82. The van der Waals surface area contributed by atoms with E-state index in [0.717, 1.165) is 23.0 Å². The van der Waals surface area contributed by atoms with Gasteiger partial charge in [-0.15, -0.1) is 11.6 Å². The predicted molar refractivity (Wildman–Crippen MR) is 69.4 cm³/mol. The second-order valence-electron chi connectivity index (χ2n) is 3.95. The Kier molecular flexibility index (Phi) is 5.16. The lowest BCUT2D eigenvalue weighted by Gasteiger charge is -2.16. The summed E-state index contributed by atoms with van der Waals surface area (Å²) in [6.07, 6.45) is 1.16. The summed E-state index contributed by atoms with van der Waals surface area (Å²) in [7, 11) is 2.04. The molecule has 1 aromatic rings. The molecule has 0 aliphatic carbocycles. The van der Waals surface area contributed by atoms with Crippen molar-refractivity contribution in [3.63, 3.8) is 0 Å². The van der Waals surface area contributed by atoms with Gasteiger partial charge in [0.15, 0.2) is 5.13 Å². The number of hydrogen-bond acceptors (Lipinski definition) is 3. The van der Waals surface area contributed by atoms with E-state index >= 15 is 0 Å². The highest BCUT2D eigenvalue weighted by atomic mass is 35.5. The molecule has 0 saturated heterocycles. The Bertz CT molecular complexity index is 312. The van der Waals surface area contributed by atoms with Crippen molar-refractivity contribution >= 4 is 39.7 Å². The lowest BCUT2D eigenvalue weighted by Crippen LogP contribution is -2.19. The zero-order valence-electron chi connectivity index (χ0n) is 9.26. The van der Waals surface area contributed by atoms with Gasteiger partial charge in [-0.1, -0.05) is 36.8 Å². The summed E-state index contributed by atoms with van der Waals surface area (Å²) in [6.45, 7) is 5.43. The summed E-state index contributed by atoms with van der Waals surface area (Å²) < 4.78 is 0. The largest absolute Gasteiger partial charge is 0.351 e. The van der Waals surface area contributed by atoms with Crippen molar-refractivity contribution in [2.45, 2.75) is 26.1 Å². The van der Waals surface area contributed by atoms with Crippen LogP contribution in [0.3, 0.4) is 0 Å². The molecule has 0 saturated carbocycles. The van der Waals surface area contributed by atoms with Gasteiger partial charge in [0.2, 0.25) is 0 Å². The molecule has 0 bridgehead atoms. The molecule has 0 aromatic carbocycles. The molecule has 1 heterocycles. The maximum atomic E-state index is 5.94. The number of anilines is 1. The van der Waals surface area contributed by atoms with E-state index in [1.54, 1.807) is 11.3 Å². The molecule has 0 fully saturated rings. The van der Waals surface area contributed by atoms with Gasteiger partial charge in [-0.25, -0.2) is 4.98 Å². The van der Waals surface area contributed by atoms with Gasteiger partial charge in [0, 0.05) is 13.6 Å². The van der Waals surface area contributed by atoms with Crippen LogP contribution in [0.2, 0.25) is 5.15 Å². The standard InChI is InChI=1S/C10H16Cl2N2S/c1-7(2)4-5-14(3)10-13-9(12)8(6-11)15-10/h7H,4-6H2,1-3H3. The number of thiazole rings is 1. The van der Waals surface area contributed by atoms with Crippen molar-refractivity contribution in [1.29, 1.82) is 0 Å². The first-order valence-corrected chi connectivity index (χ1v) is 6.69. The topological polar surface area (TPSA) is 16.1 Å². The number of aromatic nitrogens is 1. The molecule has 0 N–H and O–H groups in total. The SMILES string of the molecule is CC(C)CCN(C)c1nc(Cl)c(CCl)s1. The molecule has 0 spiro atoms. The summed E-state index contributed by atoms with van der Waals surface area (Å²) >= 11 is 13.3. The fourth-order valence-electron chi connectivity index (χ4n) is 1.11. The highest BCUT2D eigenvalue weighted by molar-refractivity contribution is 7.16. The van der Waals surface area contributed by atoms with Crippen molar-refractivity contribution < 1.29 is 0 Å². The minimum Gasteiger partial charge on any atom is -0.351 e. The molecule has 5 heteroatoms. The van der Waals surface area contributed by atoms with E-state index in [0.29, 0.717) is 17.0 Å². The molecular formula is C10H16Cl2N2S. The van der Waals surface area contributed by atoms with Crippen LogP contribution < -0.4 is 4.90 Å². The monoisotopic (exact) mass is 266 g/mol. The van der Waals surface area contributed by atoms with Gasteiger partial charge >= 0.3 is 0 Å². The predicted octanol–water partition coefficient (Wildman–Crippen LogP) is 4.02. The Hall–Kier alpha value is 0.01000. The molecule has 2 nitrogen and oxygen atoms in total. The van der Waals surface area contributed by atoms with E-state index in [1.807, 2.05) is 7.05 Å². The number of nitrogens with zero attached hydrogens (tertiary/aromatic N) is 2. The molecule has 0 aliphatic heterocycles. The molecule has 0 amide bonds. The summed E-state index contributed by atoms with van der Waals surface area (Å²) in [5.74, 6) is 1.14. The van der Waals surface area contributed by atoms with Crippen LogP contribution in [0.5, 0.6) is 0 Å². The molecule has 15 heavy (non-hydrogen) atoms. The maximum absolute atomic E-state index is 5.94. The summed E-state index contributed by atoms with van der Waals surface area (Å²) in [5, 5.41) is 1.50. The van der Waals surface area contributed by atoms with Gasteiger partial charge in [-0.05, 0) is 12.3 Å². The van der Waals surface area contributed by atoms with E-state index in [-0.39, 0.29) is 0 Å². The molecule has 1 rings (SSSR count). The van der Waals surface area contributed by atoms with Crippen molar-refractivity contribution in [3.8, 4) is 0 Å². The van der Waals surface area contributed by atoms with Crippen LogP contribution in [0, 0.1) is 5.92 Å². The Labute approximate surface area is 105 Å². The number of halogens is 2. The second kappa shape index (κ2) is 5.92. The first-order valence-electron chi connectivity index (χ1n) is 4.97. The average Bonchev–Trinajstić information content (AvgIpc) is 2.56. The van der Waals surface area contributed by atoms with Crippen molar-refractivity contribution in [2.24, 2.45) is 5.92 Å². The van der Waals surface area contributed by atoms with Gasteiger partial charge in [-0.2, -0.15) is 0 Å². The van der Waals surface area contributed by atoms with Crippen LogP contribution in [-0.4, -0.2) is 18.6 Å². The Morgan fingerprint density at radius 2 is 2.13 bits per heavy atom. The van der Waals surface area contributed by atoms with Crippen molar-refractivity contribution in [3.05, 3.63) is 10.0 Å². The molecule has 1 aromatic heterocycles. The summed E-state index contributed by atoms with van der Waals surface area (Å²) in [4.78, 5) is 7.37. The third-order valence-corrected chi connectivity index (χ3v) is 4.15. The summed E-state index contributed by atoms with van der Waals surface area (Å²) in [5.41, 5.74) is 0. The van der Waals surface area contributed by atoms with Gasteiger partial charge in [0.25, 0.3) is 0 Å². The van der Waals surface area contributed by atoms with Gasteiger partial charge in [0.05, 0.1) is 10.8 Å². The molecule has 86 valence electrons. The molecule has 0 unspecified atom stereocenters. The first kappa shape index (κ1) is 13.1. The van der Waals surface area contributed by atoms with Crippen LogP contribution in [0.4, 0.5) is 5.13 Å². The number of alkyl halides is 1. The Morgan fingerprint density at radius 3 is 2.60 bits per heavy atom. The van der Waals surface area contributed by atoms with Crippen LogP contribution in [0.15, 0.2) is 0 Å². The minimum absolute atomic E-state index is 0.439. The fraction of sp³-hybridized carbons (Fsp3) is 0.700. The van der Waals surface area contributed by atoms with E-state index in [4.69, 9.17) is 23.2 Å². The van der Waals surface area contributed by atoms with Gasteiger partial charge in [-0.3, -0.25) is 0 Å². The highest BCUT2D eigenvalue weighted by Gasteiger charge is 2.11. The maximum Gasteiger partial charge on any atom is 0.186 e. The van der Waals surface area contributed by atoms with Gasteiger partial charge in [0.1, 0.15) is 5.15 Å². The van der Waals surface area contributed by atoms with Crippen LogP contribution >= 0.6 is 34.5 Å². The smallest absolute Gasteiger partial charge is 0.186 e. The van der Waals surface area contributed by atoms with Gasteiger partial charge < -0.3 is 4.90 Å². The Morgan fingerprint density at radius 1 is 1.47 bits per heavy atom. The molecule has 0 radical (unpaired) electrons. The molecular weight excluding hydrogens is 251 g/mol. The normalized spacial score (nSPS) is 11.1. The zero-order chi connectivity index (χ0) is 11.4. The first-order chi connectivity index (χ1) is 7.04. The number of hydrogen-bond donors (Lipinski definition) is 0. The van der Waals surface area contributed by atoms with E-state index < -0.39 is 0 Å². The minimum atomic E-state index is 0.439. The van der Waals surface area contributed by atoms with E-state index in [9.17, 15) is 0 Å². The van der Waals surface area contributed by atoms with Crippen molar-refractivity contribution in [2.75, 3.05) is 18.5 Å². The van der Waals surface area contributed by atoms with Crippen molar-refractivity contribution in [1.82, 2.24) is 4.98 Å². The summed E-state index contributed by atoms with van der Waals surface area (Å²) in [6, 6.07) is 0. The zero-order valence-corrected chi connectivity index (χ0v) is 11.6. The van der Waals surface area contributed by atoms with Crippen LogP contribution in [-0.2, 0) is 5.88 Å². The highest BCUT2D eigenvalue weighted by Crippen LogP contribution is 2.30. The average molecular weight is 267 g/mol.